The number of piperidine rings is 1. The number of pyridine rings is 1. The van der Waals surface area contributed by atoms with Crippen LogP contribution in [-0.4, -0.2) is 52.8 Å². The van der Waals surface area contributed by atoms with Crippen molar-refractivity contribution in [3.63, 3.8) is 0 Å². The van der Waals surface area contributed by atoms with Crippen molar-refractivity contribution in [2.24, 2.45) is 5.92 Å². The highest BCUT2D eigenvalue weighted by Gasteiger charge is 2.30. The summed E-state index contributed by atoms with van der Waals surface area (Å²) >= 11 is 0. The third kappa shape index (κ3) is 4.35. The summed E-state index contributed by atoms with van der Waals surface area (Å²) in [4.78, 5) is 15.2. The number of aromatic nitrogens is 3. The van der Waals surface area contributed by atoms with Crippen molar-refractivity contribution in [1.29, 1.82) is 0 Å². The highest BCUT2D eigenvalue weighted by Crippen LogP contribution is 2.33. The molecule has 0 spiro atoms. The molecule has 0 bridgehead atoms. The van der Waals surface area contributed by atoms with Crippen LogP contribution >= 0.6 is 0 Å². The molecule has 1 aromatic carbocycles. The normalized spacial score (nSPS) is 17.4. The second-order valence-corrected chi connectivity index (χ2v) is 8.56. The maximum absolute atomic E-state index is 13.3. The van der Waals surface area contributed by atoms with E-state index in [1.807, 2.05) is 51.9 Å². The van der Waals surface area contributed by atoms with Gasteiger partial charge in [-0.15, -0.1) is 10.2 Å². The molecule has 0 unspecified atom stereocenters. The quantitative estimate of drug-likeness (QED) is 0.630. The van der Waals surface area contributed by atoms with Crippen LogP contribution in [0, 0.1) is 5.92 Å². The van der Waals surface area contributed by atoms with E-state index in [1.54, 1.807) is 14.2 Å². The molecule has 1 aliphatic heterocycles. The van der Waals surface area contributed by atoms with Gasteiger partial charge in [-0.3, -0.25) is 4.40 Å². The lowest BCUT2D eigenvalue weighted by molar-refractivity contribution is 0.171. The smallest absolute Gasteiger partial charge is 0.317 e. The number of nitrogens with one attached hydrogen (secondary N) is 1. The van der Waals surface area contributed by atoms with Gasteiger partial charge in [0, 0.05) is 25.2 Å². The molecule has 0 aliphatic carbocycles. The summed E-state index contributed by atoms with van der Waals surface area (Å²) in [6.07, 6.45) is 3.90. The molecule has 1 N–H and O–H groups in total. The maximum atomic E-state index is 13.3. The molecular formula is C24H31N5O3. The molecule has 170 valence electrons. The summed E-state index contributed by atoms with van der Waals surface area (Å²) in [6.45, 7) is 5.56. The van der Waals surface area contributed by atoms with Crippen LogP contribution in [0.15, 0.2) is 42.6 Å². The molecule has 32 heavy (non-hydrogen) atoms. The molecule has 1 fully saturated rings. The van der Waals surface area contributed by atoms with Crippen molar-refractivity contribution in [2.75, 3.05) is 27.3 Å². The van der Waals surface area contributed by atoms with E-state index in [1.165, 1.54) is 0 Å². The van der Waals surface area contributed by atoms with Crippen LogP contribution in [0.5, 0.6) is 11.5 Å². The Balaban J connectivity index is 1.50. The van der Waals surface area contributed by atoms with Gasteiger partial charge in [-0.2, -0.15) is 0 Å². The summed E-state index contributed by atoms with van der Waals surface area (Å²) in [5.41, 5.74) is 1.82. The highest BCUT2D eigenvalue weighted by atomic mass is 16.5. The number of fused-ring (bicyclic) bond motifs is 1. The zero-order valence-corrected chi connectivity index (χ0v) is 19.1. The first-order valence-electron chi connectivity index (χ1n) is 11.1. The number of ether oxygens (including phenoxy) is 2. The predicted molar refractivity (Wildman–Crippen MR) is 122 cm³/mol. The molecule has 1 aliphatic rings. The number of amides is 2. The minimum absolute atomic E-state index is 0.0583. The number of urea groups is 1. The molecule has 0 saturated carbocycles. The van der Waals surface area contributed by atoms with E-state index in [9.17, 15) is 4.79 Å². The van der Waals surface area contributed by atoms with Crippen molar-refractivity contribution >= 4 is 11.7 Å². The number of hydrogen-bond donors (Lipinski definition) is 1. The number of carbonyl (C=O) groups is 1. The molecule has 3 heterocycles. The fourth-order valence-corrected chi connectivity index (χ4v) is 4.42. The summed E-state index contributed by atoms with van der Waals surface area (Å²) in [7, 11) is 3.23. The van der Waals surface area contributed by atoms with Crippen LogP contribution in [-0.2, 0) is 0 Å². The van der Waals surface area contributed by atoms with Crippen molar-refractivity contribution in [2.45, 2.75) is 38.6 Å². The number of hydrogen-bond acceptors (Lipinski definition) is 5. The van der Waals surface area contributed by atoms with Gasteiger partial charge >= 0.3 is 6.03 Å². The minimum atomic E-state index is -0.142. The van der Waals surface area contributed by atoms with Gasteiger partial charge in [-0.05, 0) is 48.6 Å². The Morgan fingerprint density at radius 3 is 2.69 bits per heavy atom. The Kier molecular flexibility index (Phi) is 6.48. The third-order valence-corrected chi connectivity index (χ3v) is 6.13. The van der Waals surface area contributed by atoms with Gasteiger partial charge in [0.2, 0.25) is 0 Å². The standard InChI is InChI=1S/C24H31N5O3/c1-16(2)22(17-10-11-19(31-3)20(14-17)32-4)25-24(30)28-12-7-8-18(15-28)23-27-26-21-9-5-6-13-29(21)23/h5-6,9-11,13-14,16,18,22H,7-8,12,15H2,1-4H3,(H,25,30)/t18-,22-/m0/s1. The van der Waals surface area contributed by atoms with Gasteiger partial charge in [-0.25, -0.2) is 4.79 Å². The minimum Gasteiger partial charge on any atom is -0.493 e. The molecule has 2 aromatic heterocycles. The first-order valence-corrected chi connectivity index (χ1v) is 11.1. The van der Waals surface area contributed by atoms with E-state index in [-0.39, 0.29) is 23.9 Å². The topological polar surface area (TPSA) is 81.0 Å². The van der Waals surface area contributed by atoms with Gasteiger partial charge in [0.1, 0.15) is 5.82 Å². The molecule has 2 amide bonds. The Bertz CT molecular complexity index is 1080. The van der Waals surface area contributed by atoms with Crippen LogP contribution in [0.2, 0.25) is 0 Å². The van der Waals surface area contributed by atoms with E-state index in [0.717, 1.165) is 36.4 Å². The monoisotopic (exact) mass is 437 g/mol. The number of likely N-dealkylation sites (tertiary alicyclic amines) is 1. The summed E-state index contributed by atoms with van der Waals surface area (Å²) in [5, 5.41) is 11.9. The third-order valence-electron chi connectivity index (χ3n) is 6.13. The molecular weight excluding hydrogens is 406 g/mol. The largest absolute Gasteiger partial charge is 0.493 e. The zero-order chi connectivity index (χ0) is 22.7. The van der Waals surface area contributed by atoms with E-state index in [4.69, 9.17) is 9.47 Å². The summed E-state index contributed by atoms with van der Waals surface area (Å²) in [6, 6.07) is 11.5. The van der Waals surface area contributed by atoms with E-state index in [2.05, 4.69) is 29.4 Å². The number of nitrogens with zero attached hydrogens (tertiary/aromatic N) is 4. The van der Waals surface area contributed by atoms with Gasteiger partial charge in [0.05, 0.1) is 20.3 Å². The first-order chi connectivity index (χ1) is 15.5. The molecule has 8 heteroatoms. The average Bonchev–Trinajstić information content (AvgIpc) is 3.26. The van der Waals surface area contributed by atoms with Crippen LogP contribution in [0.3, 0.4) is 0 Å². The molecule has 1 saturated heterocycles. The van der Waals surface area contributed by atoms with Crippen LogP contribution in [0.1, 0.15) is 50.0 Å². The number of rotatable bonds is 6. The van der Waals surface area contributed by atoms with Crippen molar-refractivity contribution in [1.82, 2.24) is 24.8 Å². The Morgan fingerprint density at radius 1 is 1.12 bits per heavy atom. The summed E-state index contributed by atoms with van der Waals surface area (Å²) < 4.78 is 12.8. The molecule has 2 atom stereocenters. The summed E-state index contributed by atoms with van der Waals surface area (Å²) in [5.74, 6) is 2.60. The second kappa shape index (κ2) is 9.46. The van der Waals surface area contributed by atoms with Crippen LogP contribution < -0.4 is 14.8 Å². The number of methoxy groups -OCH3 is 2. The maximum Gasteiger partial charge on any atom is 0.317 e. The Morgan fingerprint density at radius 2 is 1.94 bits per heavy atom. The molecule has 0 radical (unpaired) electrons. The van der Waals surface area contributed by atoms with E-state index in [0.29, 0.717) is 18.0 Å². The lowest BCUT2D eigenvalue weighted by Gasteiger charge is -2.34. The molecule has 3 aromatic rings. The van der Waals surface area contributed by atoms with Crippen molar-refractivity contribution in [3.8, 4) is 11.5 Å². The Labute approximate surface area is 188 Å². The van der Waals surface area contributed by atoms with Gasteiger partial charge in [-0.1, -0.05) is 26.0 Å². The van der Waals surface area contributed by atoms with Gasteiger partial charge in [0.25, 0.3) is 0 Å². The fourth-order valence-electron chi connectivity index (χ4n) is 4.42. The first kappa shape index (κ1) is 21.9. The highest BCUT2D eigenvalue weighted by molar-refractivity contribution is 5.75. The molecule has 4 rings (SSSR count). The SMILES string of the molecule is COc1ccc([C@@H](NC(=O)N2CCC[C@H](c3nnc4ccccn34)C2)C(C)C)cc1OC. The fraction of sp³-hybridized carbons (Fsp3) is 0.458. The number of benzene rings is 1. The van der Waals surface area contributed by atoms with Crippen molar-refractivity contribution in [3.05, 3.63) is 54.0 Å². The Hall–Kier alpha value is -3.29. The second-order valence-electron chi connectivity index (χ2n) is 8.56. The predicted octanol–water partition coefficient (Wildman–Crippen LogP) is 4.03. The lowest BCUT2D eigenvalue weighted by atomic mass is 9.95. The van der Waals surface area contributed by atoms with E-state index >= 15 is 0 Å². The van der Waals surface area contributed by atoms with E-state index < -0.39 is 0 Å². The van der Waals surface area contributed by atoms with Crippen LogP contribution in [0.25, 0.3) is 5.65 Å². The zero-order valence-electron chi connectivity index (χ0n) is 19.1. The van der Waals surface area contributed by atoms with Crippen molar-refractivity contribution < 1.29 is 14.3 Å². The van der Waals surface area contributed by atoms with Gasteiger partial charge in [0.15, 0.2) is 17.1 Å². The lowest BCUT2D eigenvalue weighted by Crippen LogP contribution is -2.47. The number of carbonyl (C=O) groups excluding carboxylic acids is 1. The molecule has 8 nitrogen and oxygen atoms in total. The van der Waals surface area contributed by atoms with Crippen LogP contribution in [0.4, 0.5) is 4.79 Å². The average molecular weight is 438 g/mol. The van der Waals surface area contributed by atoms with Gasteiger partial charge < -0.3 is 19.7 Å².